The summed E-state index contributed by atoms with van der Waals surface area (Å²) in [5.74, 6) is -2.15. The molecule has 1 aliphatic rings. The van der Waals surface area contributed by atoms with Crippen LogP contribution in [0, 0.1) is 11.6 Å². The number of halogens is 3. The Morgan fingerprint density at radius 1 is 1.08 bits per heavy atom. The summed E-state index contributed by atoms with van der Waals surface area (Å²) in [5, 5.41) is 0. The lowest BCUT2D eigenvalue weighted by Crippen LogP contribution is -2.50. The van der Waals surface area contributed by atoms with E-state index in [0.29, 0.717) is 3.79 Å². The third-order valence-electron chi connectivity index (χ3n) is 3.83. The van der Waals surface area contributed by atoms with Gasteiger partial charge < -0.3 is 4.90 Å². The van der Waals surface area contributed by atoms with E-state index < -0.39 is 27.6 Å². The molecule has 1 saturated heterocycles. The Kier molecular flexibility index (Phi) is 5.24. The zero-order valence-electron chi connectivity index (χ0n) is 12.8. The van der Waals surface area contributed by atoms with Crippen LogP contribution in [0.4, 0.5) is 8.78 Å². The van der Waals surface area contributed by atoms with Crippen molar-refractivity contribution >= 4 is 43.2 Å². The fourth-order valence-corrected chi connectivity index (χ4v) is 6.11. The van der Waals surface area contributed by atoms with Gasteiger partial charge in [0, 0.05) is 26.2 Å². The minimum atomic E-state index is -3.62. The lowest BCUT2D eigenvalue weighted by atomic mass is 10.1. The summed E-state index contributed by atoms with van der Waals surface area (Å²) in [6, 6.07) is 5.87. The zero-order valence-corrected chi connectivity index (χ0v) is 16.0. The highest BCUT2D eigenvalue weighted by Gasteiger charge is 2.32. The van der Waals surface area contributed by atoms with Crippen LogP contribution in [0.5, 0.6) is 0 Å². The van der Waals surface area contributed by atoms with Gasteiger partial charge in [-0.2, -0.15) is 4.31 Å². The number of piperazine rings is 1. The number of benzene rings is 1. The summed E-state index contributed by atoms with van der Waals surface area (Å²) in [6.07, 6.45) is 0. The Morgan fingerprint density at radius 2 is 1.76 bits per heavy atom. The Bertz CT molecular complexity index is 909. The van der Waals surface area contributed by atoms with Crippen molar-refractivity contribution < 1.29 is 22.0 Å². The van der Waals surface area contributed by atoms with Gasteiger partial charge in [-0.3, -0.25) is 4.79 Å². The molecule has 0 saturated carbocycles. The molecule has 3 rings (SSSR count). The minimum absolute atomic E-state index is 0.0977. The molecule has 25 heavy (non-hydrogen) atoms. The molecule has 10 heteroatoms. The molecule has 1 aromatic heterocycles. The minimum Gasteiger partial charge on any atom is -0.336 e. The first kappa shape index (κ1) is 18.4. The van der Waals surface area contributed by atoms with Gasteiger partial charge in [0.2, 0.25) is 0 Å². The first-order valence-corrected chi connectivity index (χ1v) is 10.3. The second-order valence-corrected chi connectivity index (χ2v) is 10.0. The van der Waals surface area contributed by atoms with E-state index in [1.54, 1.807) is 6.07 Å². The highest BCUT2D eigenvalue weighted by atomic mass is 79.9. The molecule has 1 aromatic carbocycles. The normalized spacial score (nSPS) is 16.2. The summed E-state index contributed by atoms with van der Waals surface area (Å²) in [4.78, 5) is 13.7. The van der Waals surface area contributed by atoms with E-state index in [4.69, 9.17) is 0 Å². The first-order valence-electron chi connectivity index (χ1n) is 7.29. The first-order chi connectivity index (χ1) is 11.8. The summed E-state index contributed by atoms with van der Waals surface area (Å²) >= 11 is 4.34. The Morgan fingerprint density at radius 3 is 2.36 bits per heavy atom. The van der Waals surface area contributed by atoms with E-state index in [-0.39, 0.29) is 36.0 Å². The van der Waals surface area contributed by atoms with Crippen LogP contribution in [0.3, 0.4) is 0 Å². The molecule has 134 valence electrons. The summed E-state index contributed by atoms with van der Waals surface area (Å²) < 4.78 is 54.3. The van der Waals surface area contributed by atoms with Crippen LogP contribution in [0.1, 0.15) is 10.4 Å². The third-order valence-corrected chi connectivity index (χ3v) is 7.82. The molecule has 5 nitrogen and oxygen atoms in total. The number of hydrogen-bond donors (Lipinski definition) is 0. The number of rotatable bonds is 3. The Hall–Kier alpha value is -1.36. The van der Waals surface area contributed by atoms with Crippen molar-refractivity contribution in [1.82, 2.24) is 9.21 Å². The number of thiophene rings is 1. The zero-order chi connectivity index (χ0) is 18.2. The highest BCUT2D eigenvalue weighted by Crippen LogP contribution is 2.29. The molecular formula is C15H13BrF2N2O3S2. The van der Waals surface area contributed by atoms with Crippen LogP contribution >= 0.6 is 27.3 Å². The topological polar surface area (TPSA) is 57.7 Å². The van der Waals surface area contributed by atoms with E-state index in [2.05, 4.69) is 15.9 Å². The van der Waals surface area contributed by atoms with Crippen LogP contribution in [0.25, 0.3) is 0 Å². The van der Waals surface area contributed by atoms with Gasteiger partial charge in [-0.05, 0) is 46.3 Å². The quantitative estimate of drug-likeness (QED) is 0.722. The van der Waals surface area contributed by atoms with Gasteiger partial charge in [-0.1, -0.05) is 0 Å². The van der Waals surface area contributed by atoms with Crippen LogP contribution in [-0.2, 0) is 10.0 Å². The molecule has 0 aliphatic carbocycles. The van der Waals surface area contributed by atoms with Crippen molar-refractivity contribution in [3.05, 3.63) is 51.3 Å². The van der Waals surface area contributed by atoms with Crippen LogP contribution < -0.4 is 0 Å². The average Bonchev–Trinajstić information content (AvgIpc) is 3.04. The van der Waals surface area contributed by atoms with Crippen LogP contribution in [0.15, 0.2) is 38.3 Å². The molecule has 0 atom stereocenters. The molecule has 2 heterocycles. The second-order valence-electron chi connectivity index (χ2n) is 5.38. The molecule has 2 aromatic rings. The van der Waals surface area contributed by atoms with Gasteiger partial charge in [0.25, 0.3) is 15.9 Å². The molecule has 0 unspecified atom stereocenters. The Labute approximate surface area is 156 Å². The van der Waals surface area contributed by atoms with Crippen molar-refractivity contribution in [2.24, 2.45) is 0 Å². The van der Waals surface area contributed by atoms with Crippen molar-refractivity contribution in [3.63, 3.8) is 0 Å². The second kappa shape index (κ2) is 7.10. The van der Waals surface area contributed by atoms with Crippen molar-refractivity contribution in [3.8, 4) is 0 Å². The van der Waals surface area contributed by atoms with Gasteiger partial charge in [-0.15, -0.1) is 11.3 Å². The third kappa shape index (κ3) is 3.76. The number of sulfonamides is 1. The number of amides is 1. The summed E-state index contributed by atoms with van der Waals surface area (Å²) in [7, 11) is -3.62. The molecule has 0 bridgehead atoms. The van der Waals surface area contributed by atoms with Crippen molar-refractivity contribution in [2.75, 3.05) is 26.2 Å². The monoisotopic (exact) mass is 450 g/mol. The number of carbonyl (C=O) groups excluding carboxylic acids is 1. The fraction of sp³-hybridized carbons (Fsp3) is 0.267. The number of nitrogens with zero attached hydrogens (tertiary/aromatic N) is 2. The Balaban J connectivity index is 1.71. The molecule has 0 spiro atoms. The van der Waals surface area contributed by atoms with Gasteiger partial charge in [0.15, 0.2) is 0 Å². The maximum absolute atomic E-state index is 13.7. The SMILES string of the molecule is O=C(c1cc(F)ccc1F)N1CCN(S(=O)(=O)c2ccc(Br)s2)CC1. The molecule has 1 fully saturated rings. The van der Waals surface area contributed by atoms with Gasteiger partial charge in [0.1, 0.15) is 15.8 Å². The molecule has 1 amide bonds. The summed E-state index contributed by atoms with van der Waals surface area (Å²) in [5.41, 5.74) is -0.349. The van der Waals surface area contributed by atoms with E-state index >= 15 is 0 Å². The highest BCUT2D eigenvalue weighted by molar-refractivity contribution is 9.11. The molecule has 0 radical (unpaired) electrons. The van der Waals surface area contributed by atoms with Crippen LogP contribution in [0.2, 0.25) is 0 Å². The van der Waals surface area contributed by atoms with E-state index in [0.717, 1.165) is 29.5 Å². The van der Waals surface area contributed by atoms with Crippen molar-refractivity contribution in [2.45, 2.75) is 4.21 Å². The van der Waals surface area contributed by atoms with E-state index in [9.17, 15) is 22.0 Å². The van der Waals surface area contributed by atoms with Gasteiger partial charge >= 0.3 is 0 Å². The molecular weight excluding hydrogens is 438 g/mol. The standard InChI is InChI=1S/C15H13BrF2N2O3S2/c16-13-3-4-14(24-13)25(22,23)20-7-5-19(6-8-20)15(21)11-9-10(17)1-2-12(11)18/h1-4,9H,5-8H2. The average molecular weight is 451 g/mol. The largest absolute Gasteiger partial charge is 0.336 e. The molecule has 0 N–H and O–H groups in total. The fourth-order valence-electron chi connectivity index (χ4n) is 2.53. The predicted molar refractivity (Wildman–Crippen MR) is 93.0 cm³/mol. The van der Waals surface area contributed by atoms with E-state index in [1.807, 2.05) is 0 Å². The van der Waals surface area contributed by atoms with E-state index in [1.165, 1.54) is 15.3 Å². The predicted octanol–water partition coefficient (Wildman–Crippen LogP) is 2.94. The number of carbonyl (C=O) groups is 1. The van der Waals surface area contributed by atoms with Gasteiger partial charge in [-0.25, -0.2) is 17.2 Å². The lowest BCUT2D eigenvalue weighted by Gasteiger charge is -2.33. The summed E-state index contributed by atoms with van der Waals surface area (Å²) in [6.45, 7) is 0.419. The smallest absolute Gasteiger partial charge is 0.257 e. The van der Waals surface area contributed by atoms with Gasteiger partial charge in [0.05, 0.1) is 9.35 Å². The van der Waals surface area contributed by atoms with Crippen LogP contribution in [-0.4, -0.2) is 49.7 Å². The lowest BCUT2D eigenvalue weighted by molar-refractivity contribution is 0.0692. The molecule has 1 aliphatic heterocycles. The maximum atomic E-state index is 13.7. The number of hydrogen-bond acceptors (Lipinski definition) is 4. The van der Waals surface area contributed by atoms with Crippen molar-refractivity contribution in [1.29, 1.82) is 0 Å². The maximum Gasteiger partial charge on any atom is 0.257 e.